The molecule has 4 rings (SSSR count). The largest absolute Gasteiger partial charge is 0.298 e. The summed E-state index contributed by atoms with van der Waals surface area (Å²) >= 11 is 2.82. The number of benzene rings is 3. The summed E-state index contributed by atoms with van der Waals surface area (Å²) in [5.41, 5.74) is 2.60. The van der Waals surface area contributed by atoms with E-state index in [4.69, 9.17) is 0 Å². The standard InChI is InChI=1S/C25H20N2O2S2/c1-2-30-20-16-10-9-15-19(20)24(29)27-25-26-21(17-11-5-3-6-12-17)23(31-25)22(28)18-13-7-4-8-14-18/h3-16H,2H2,1H3,(H,26,27,29). The van der Waals surface area contributed by atoms with E-state index in [1.54, 1.807) is 30.0 Å². The second kappa shape index (κ2) is 9.73. The van der Waals surface area contributed by atoms with Crippen molar-refractivity contribution in [3.63, 3.8) is 0 Å². The number of thiazole rings is 1. The molecule has 0 spiro atoms. The van der Waals surface area contributed by atoms with Crippen LogP contribution >= 0.6 is 23.1 Å². The van der Waals surface area contributed by atoms with Crippen molar-refractivity contribution in [2.45, 2.75) is 11.8 Å². The molecule has 1 aromatic heterocycles. The van der Waals surface area contributed by atoms with E-state index in [-0.39, 0.29) is 11.7 Å². The molecule has 0 unspecified atom stereocenters. The van der Waals surface area contributed by atoms with Crippen molar-refractivity contribution in [1.82, 2.24) is 4.98 Å². The Morgan fingerprint density at radius 2 is 1.55 bits per heavy atom. The zero-order chi connectivity index (χ0) is 21.6. The Hall–Kier alpha value is -3.22. The third kappa shape index (κ3) is 4.76. The number of hydrogen-bond acceptors (Lipinski definition) is 5. The zero-order valence-corrected chi connectivity index (χ0v) is 18.5. The van der Waals surface area contributed by atoms with Crippen molar-refractivity contribution in [2.24, 2.45) is 0 Å². The molecule has 1 amide bonds. The Bertz CT molecular complexity index is 1200. The van der Waals surface area contributed by atoms with Crippen molar-refractivity contribution in [2.75, 3.05) is 11.1 Å². The number of nitrogens with one attached hydrogen (secondary N) is 1. The Morgan fingerprint density at radius 3 is 2.26 bits per heavy atom. The average Bonchev–Trinajstić information content (AvgIpc) is 3.24. The van der Waals surface area contributed by atoms with Gasteiger partial charge in [-0.1, -0.05) is 91.1 Å². The molecule has 31 heavy (non-hydrogen) atoms. The van der Waals surface area contributed by atoms with Gasteiger partial charge in [0.25, 0.3) is 5.91 Å². The number of carbonyl (C=O) groups is 2. The normalized spacial score (nSPS) is 10.6. The molecule has 4 nitrogen and oxygen atoms in total. The van der Waals surface area contributed by atoms with Crippen molar-refractivity contribution in [3.8, 4) is 11.3 Å². The first kappa shape index (κ1) is 21.0. The summed E-state index contributed by atoms with van der Waals surface area (Å²) < 4.78 is 0. The Balaban J connectivity index is 1.70. The van der Waals surface area contributed by atoms with E-state index in [1.165, 1.54) is 11.3 Å². The van der Waals surface area contributed by atoms with E-state index < -0.39 is 0 Å². The summed E-state index contributed by atoms with van der Waals surface area (Å²) in [6, 6.07) is 26.2. The molecule has 0 aliphatic heterocycles. The minimum absolute atomic E-state index is 0.112. The number of thioether (sulfide) groups is 1. The first-order valence-corrected chi connectivity index (χ1v) is 11.7. The Labute approximate surface area is 189 Å². The highest BCUT2D eigenvalue weighted by atomic mass is 32.2. The lowest BCUT2D eigenvalue weighted by molar-refractivity contribution is 0.102. The lowest BCUT2D eigenvalue weighted by atomic mass is 10.1. The second-order valence-corrected chi connectivity index (χ2v) is 8.95. The highest BCUT2D eigenvalue weighted by Crippen LogP contribution is 2.33. The van der Waals surface area contributed by atoms with Crippen LogP contribution in [0.2, 0.25) is 0 Å². The van der Waals surface area contributed by atoms with Crippen LogP contribution in [0, 0.1) is 0 Å². The number of anilines is 1. The molecule has 0 aliphatic rings. The third-order valence-corrected chi connectivity index (χ3v) is 6.49. The van der Waals surface area contributed by atoms with Crippen LogP contribution in [0.4, 0.5) is 5.13 Å². The maximum Gasteiger partial charge on any atom is 0.258 e. The van der Waals surface area contributed by atoms with Gasteiger partial charge in [0, 0.05) is 16.0 Å². The number of aromatic nitrogens is 1. The van der Waals surface area contributed by atoms with E-state index in [1.807, 2.05) is 73.7 Å². The molecule has 0 aliphatic carbocycles. The van der Waals surface area contributed by atoms with Gasteiger partial charge in [0.1, 0.15) is 4.88 Å². The maximum atomic E-state index is 13.2. The number of carbonyl (C=O) groups excluding carboxylic acids is 2. The third-order valence-electron chi connectivity index (χ3n) is 4.57. The quantitative estimate of drug-likeness (QED) is 0.264. The number of rotatable bonds is 7. The van der Waals surface area contributed by atoms with Gasteiger partial charge in [-0.3, -0.25) is 14.9 Å². The Kier molecular flexibility index (Phi) is 6.60. The molecule has 1 N–H and O–H groups in total. The fraction of sp³-hybridized carbons (Fsp3) is 0.0800. The summed E-state index contributed by atoms with van der Waals surface area (Å²) in [4.78, 5) is 32.2. The molecule has 0 atom stereocenters. The molecular weight excluding hydrogens is 424 g/mol. The van der Waals surface area contributed by atoms with Crippen LogP contribution < -0.4 is 5.32 Å². The van der Waals surface area contributed by atoms with E-state index >= 15 is 0 Å². The fourth-order valence-corrected chi connectivity index (χ4v) is 4.89. The Morgan fingerprint density at radius 1 is 0.903 bits per heavy atom. The van der Waals surface area contributed by atoms with E-state index in [9.17, 15) is 9.59 Å². The predicted molar refractivity (Wildman–Crippen MR) is 128 cm³/mol. The summed E-state index contributed by atoms with van der Waals surface area (Å²) in [5, 5.41) is 3.30. The second-order valence-electron chi connectivity index (χ2n) is 6.64. The van der Waals surface area contributed by atoms with Crippen molar-refractivity contribution in [3.05, 3.63) is 101 Å². The van der Waals surface area contributed by atoms with E-state index in [2.05, 4.69) is 10.3 Å². The molecule has 4 aromatic rings. The smallest absolute Gasteiger partial charge is 0.258 e. The van der Waals surface area contributed by atoms with Gasteiger partial charge >= 0.3 is 0 Å². The molecule has 0 radical (unpaired) electrons. The van der Waals surface area contributed by atoms with Crippen LogP contribution in [0.3, 0.4) is 0 Å². The lowest BCUT2D eigenvalue weighted by Crippen LogP contribution is -2.12. The SMILES string of the molecule is CCSc1ccccc1C(=O)Nc1nc(-c2ccccc2)c(C(=O)c2ccccc2)s1. The molecule has 0 bridgehead atoms. The summed E-state index contributed by atoms with van der Waals surface area (Å²) in [7, 11) is 0. The minimum Gasteiger partial charge on any atom is -0.298 e. The predicted octanol–water partition coefficient (Wildman–Crippen LogP) is 6.41. The van der Waals surface area contributed by atoms with Crippen molar-refractivity contribution >= 4 is 39.9 Å². The van der Waals surface area contributed by atoms with Gasteiger partial charge in [0.05, 0.1) is 11.3 Å². The van der Waals surface area contributed by atoms with Crippen LogP contribution in [0.15, 0.2) is 89.8 Å². The van der Waals surface area contributed by atoms with E-state index in [0.29, 0.717) is 26.8 Å². The zero-order valence-electron chi connectivity index (χ0n) is 16.9. The van der Waals surface area contributed by atoms with Crippen LogP contribution in [-0.2, 0) is 0 Å². The number of nitrogens with zero attached hydrogens (tertiary/aromatic N) is 1. The molecule has 0 fully saturated rings. The van der Waals surface area contributed by atoms with Crippen LogP contribution in [0.25, 0.3) is 11.3 Å². The number of hydrogen-bond donors (Lipinski definition) is 1. The monoisotopic (exact) mass is 444 g/mol. The summed E-state index contributed by atoms with van der Waals surface area (Å²) in [6.07, 6.45) is 0. The molecule has 3 aromatic carbocycles. The van der Waals surface area contributed by atoms with Gasteiger partial charge in [0.15, 0.2) is 5.13 Å². The van der Waals surface area contributed by atoms with Gasteiger partial charge < -0.3 is 0 Å². The van der Waals surface area contributed by atoms with Crippen molar-refractivity contribution in [1.29, 1.82) is 0 Å². The van der Waals surface area contributed by atoms with Crippen LogP contribution in [0.5, 0.6) is 0 Å². The molecule has 0 saturated carbocycles. The van der Waals surface area contributed by atoms with Crippen LogP contribution in [-0.4, -0.2) is 22.4 Å². The highest BCUT2D eigenvalue weighted by molar-refractivity contribution is 7.99. The molecule has 1 heterocycles. The summed E-state index contributed by atoms with van der Waals surface area (Å²) in [5.74, 6) is 0.526. The average molecular weight is 445 g/mol. The lowest BCUT2D eigenvalue weighted by Gasteiger charge is -2.07. The first-order valence-electron chi connectivity index (χ1n) is 9.86. The van der Waals surface area contributed by atoms with Gasteiger partial charge in [-0.2, -0.15) is 0 Å². The fourth-order valence-electron chi connectivity index (χ4n) is 3.14. The van der Waals surface area contributed by atoms with Gasteiger partial charge in [0.2, 0.25) is 5.78 Å². The van der Waals surface area contributed by atoms with Gasteiger partial charge in [-0.25, -0.2) is 4.98 Å². The number of ketones is 1. The van der Waals surface area contributed by atoms with Gasteiger partial charge in [-0.15, -0.1) is 11.8 Å². The molecule has 0 saturated heterocycles. The molecular formula is C25H20N2O2S2. The molecule has 6 heteroatoms. The van der Waals surface area contributed by atoms with E-state index in [0.717, 1.165) is 16.2 Å². The van der Waals surface area contributed by atoms with Crippen molar-refractivity contribution < 1.29 is 9.59 Å². The molecule has 154 valence electrons. The maximum absolute atomic E-state index is 13.2. The topological polar surface area (TPSA) is 59.1 Å². The summed E-state index contributed by atoms with van der Waals surface area (Å²) in [6.45, 7) is 2.05. The van der Waals surface area contributed by atoms with Crippen LogP contribution in [0.1, 0.15) is 32.5 Å². The highest BCUT2D eigenvalue weighted by Gasteiger charge is 2.22. The minimum atomic E-state index is -0.233. The number of amides is 1. The first-order chi connectivity index (χ1) is 15.2. The van der Waals surface area contributed by atoms with Gasteiger partial charge in [-0.05, 0) is 17.9 Å².